The summed E-state index contributed by atoms with van der Waals surface area (Å²) in [5, 5.41) is 10.3. The van der Waals surface area contributed by atoms with Crippen LogP contribution in [0.15, 0.2) is 12.4 Å². The number of nitrogens with zero attached hydrogens (tertiary/aromatic N) is 4. The molecule has 0 aliphatic heterocycles. The monoisotopic (exact) mass is 385 g/mol. The maximum atomic E-state index is 9.47. The Labute approximate surface area is 162 Å². The third kappa shape index (κ3) is 3.68. The number of aryl methyl sites for hydroxylation is 1. The van der Waals surface area contributed by atoms with Crippen LogP contribution in [0.3, 0.4) is 0 Å². The zero-order valence-corrected chi connectivity index (χ0v) is 16.3. The molecule has 0 amide bonds. The number of rotatable bonds is 3. The Kier molecular flexibility index (Phi) is 5.22. The molecule has 7 nitrogen and oxygen atoms in total. The first-order chi connectivity index (χ1) is 12.8. The number of anilines is 1. The minimum atomic E-state index is -0.762. The minimum Gasteiger partial charge on any atom is -0.496 e. The normalized spacial score (nSPS) is 11.9. The summed E-state index contributed by atoms with van der Waals surface area (Å²) < 4.78 is 7.35. The van der Waals surface area contributed by atoms with Crippen molar-refractivity contribution in [3.05, 3.63) is 39.9 Å². The topological polar surface area (TPSA) is 99.1 Å². The predicted molar refractivity (Wildman–Crippen MR) is 105 cm³/mol. The highest BCUT2D eigenvalue weighted by molar-refractivity contribution is 6.34. The van der Waals surface area contributed by atoms with Gasteiger partial charge < -0.3 is 20.1 Å². The summed E-state index contributed by atoms with van der Waals surface area (Å²) >= 11 is 6.29. The van der Waals surface area contributed by atoms with E-state index in [1.54, 1.807) is 20.2 Å². The molecule has 1 unspecified atom stereocenters. The number of hydrogen-bond donors (Lipinski definition) is 2. The average Bonchev–Trinajstić information content (AvgIpc) is 2.94. The molecule has 140 valence electrons. The summed E-state index contributed by atoms with van der Waals surface area (Å²) in [7, 11) is 1.64. The van der Waals surface area contributed by atoms with Crippen molar-refractivity contribution in [1.82, 2.24) is 19.5 Å². The molecule has 0 aliphatic rings. The Hall–Kier alpha value is -2.82. The van der Waals surface area contributed by atoms with Crippen molar-refractivity contribution in [2.75, 3.05) is 12.8 Å². The fraction of sp³-hybridized carbons (Fsp3) is 0.316. The van der Waals surface area contributed by atoms with Gasteiger partial charge in [-0.3, -0.25) is 4.98 Å². The van der Waals surface area contributed by atoms with E-state index >= 15 is 0 Å². The molecule has 3 heterocycles. The van der Waals surface area contributed by atoms with Crippen molar-refractivity contribution in [3.63, 3.8) is 0 Å². The second kappa shape index (κ2) is 7.43. The summed E-state index contributed by atoms with van der Waals surface area (Å²) in [5.74, 6) is 6.53. The van der Waals surface area contributed by atoms with Crippen LogP contribution in [-0.4, -0.2) is 37.8 Å². The lowest BCUT2D eigenvalue weighted by Crippen LogP contribution is -2.07. The van der Waals surface area contributed by atoms with Crippen LogP contribution in [0.4, 0.5) is 5.95 Å². The number of ether oxygens (including phenoxy) is 1. The largest absolute Gasteiger partial charge is 0.496 e. The number of fused-ring (bicyclic) bond motifs is 1. The fourth-order valence-electron chi connectivity index (χ4n) is 2.95. The highest BCUT2D eigenvalue weighted by Crippen LogP contribution is 2.29. The van der Waals surface area contributed by atoms with Gasteiger partial charge in [0.05, 0.1) is 30.3 Å². The Morgan fingerprint density at radius 2 is 2.11 bits per heavy atom. The highest BCUT2D eigenvalue weighted by atomic mass is 35.5. The number of nitrogen functional groups attached to an aromatic ring is 1. The van der Waals surface area contributed by atoms with Crippen LogP contribution in [-0.2, 0) is 6.54 Å². The minimum absolute atomic E-state index is 0.0769. The second-order valence-corrected chi connectivity index (χ2v) is 6.59. The number of nitrogens with two attached hydrogens (primary N) is 1. The number of halogens is 1. The molecule has 1 atom stereocenters. The van der Waals surface area contributed by atoms with Crippen molar-refractivity contribution in [1.29, 1.82) is 0 Å². The maximum absolute atomic E-state index is 9.47. The molecule has 0 bridgehead atoms. The van der Waals surface area contributed by atoms with E-state index in [2.05, 4.69) is 26.8 Å². The zero-order chi connectivity index (χ0) is 19.7. The predicted octanol–water partition coefficient (Wildman–Crippen LogP) is 2.47. The van der Waals surface area contributed by atoms with Crippen molar-refractivity contribution in [3.8, 4) is 17.6 Å². The summed E-state index contributed by atoms with van der Waals surface area (Å²) in [6, 6.07) is 0. The van der Waals surface area contributed by atoms with Gasteiger partial charge in [-0.1, -0.05) is 23.4 Å². The van der Waals surface area contributed by atoms with E-state index < -0.39 is 6.10 Å². The lowest BCUT2D eigenvalue weighted by atomic mass is 10.1. The van der Waals surface area contributed by atoms with Gasteiger partial charge in [-0.25, -0.2) is 4.98 Å². The summed E-state index contributed by atoms with van der Waals surface area (Å²) in [6.45, 7) is 5.94. The van der Waals surface area contributed by atoms with E-state index in [1.807, 2.05) is 24.6 Å². The summed E-state index contributed by atoms with van der Waals surface area (Å²) in [4.78, 5) is 12.9. The lowest BCUT2D eigenvalue weighted by Gasteiger charge is -2.13. The molecule has 3 aromatic rings. The van der Waals surface area contributed by atoms with Gasteiger partial charge >= 0.3 is 0 Å². The first kappa shape index (κ1) is 19.0. The standard InChI is InChI=1S/C19H20ClN5O2/c1-10-7-22-14(12(3)16(10)27-4)9-25-8-13(6-5-11(2)26)15-17(20)23-19(21)24-18(15)25/h7-8,11,26H,9H2,1-4H3,(H2,21,23,24). The number of aliphatic hydroxyl groups is 1. The van der Waals surface area contributed by atoms with Gasteiger partial charge in [-0.15, -0.1) is 0 Å². The van der Waals surface area contributed by atoms with Crippen molar-refractivity contribution in [2.45, 2.75) is 33.4 Å². The van der Waals surface area contributed by atoms with E-state index in [0.717, 1.165) is 22.6 Å². The quantitative estimate of drug-likeness (QED) is 0.530. The zero-order valence-electron chi connectivity index (χ0n) is 15.5. The molecule has 3 aromatic heterocycles. The smallest absolute Gasteiger partial charge is 0.223 e. The number of hydrogen-bond acceptors (Lipinski definition) is 6. The lowest BCUT2D eigenvalue weighted by molar-refractivity contribution is 0.253. The number of aliphatic hydroxyl groups excluding tert-OH is 1. The molecule has 0 saturated carbocycles. The van der Waals surface area contributed by atoms with E-state index in [0.29, 0.717) is 23.1 Å². The van der Waals surface area contributed by atoms with Crippen LogP contribution in [0.2, 0.25) is 5.15 Å². The maximum Gasteiger partial charge on any atom is 0.223 e. The number of aromatic nitrogens is 4. The van der Waals surface area contributed by atoms with Gasteiger partial charge in [-0.2, -0.15) is 4.98 Å². The Balaban J connectivity index is 2.17. The van der Waals surface area contributed by atoms with E-state index in [4.69, 9.17) is 22.1 Å². The molecule has 27 heavy (non-hydrogen) atoms. The van der Waals surface area contributed by atoms with E-state index in [-0.39, 0.29) is 11.1 Å². The van der Waals surface area contributed by atoms with Gasteiger partial charge in [0.25, 0.3) is 0 Å². The van der Waals surface area contributed by atoms with Crippen LogP contribution >= 0.6 is 11.6 Å². The average molecular weight is 386 g/mol. The summed E-state index contributed by atoms with van der Waals surface area (Å²) in [6.07, 6.45) is 2.83. The highest BCUT2D eigenvalue weighted by Gasteiger charge is 2.17. The van der Waals surface area contributed by atoms with Gasteiger partial charge in [-0.05, 0) is 20.8 Å². The third-order valence-electron chi connectivity index (χ3n) is 4.18. The molecule has 8 heteroatoms. The Morgan fingerprint density at radius 3 is 2.78 bits per heavy atom. The second-order valence-electron chi connectivity index (χ2n) is 6.23. The Bertz CT molecular complexity index is 1080. The summed E-state index contributed by atoms with van der Waals surface area (Å²) in [5.41, 5.74) is 9.71. The molecule has 0 aliphatic carbocycles. The SMILES string of the molecule is COc1c(C)cnc(Cn2cc(C#CC(C)O)c3c(Cl)nc(N)nc32)c1C. The fourth-order valence-corrected chi connectivity index (χ4v) is 3.22. The molecule has 0 fully saturated rings. The number of methoxy groups -OCH3 is 1. The first-order valence-electron chi connectivity index (χ1n) is 8.32. The van der Waals surface area contributed by atoms with Crippen molar-refractivity contribution < 1.29 is 9.84 Å². The van der Waals surface area contributed by atoms with Crippen molar-refractivity contribution in [2.24, 2.45) is 0 Å². The van der Waals surface area contributed by atoms with Gasteiger partial charge in [0.1, 0.15) is 22.7 Å². The molecule has 0 spiro atoms. The molecular weight excluding hydrogens is 366 g/mol. The first-order valence-corrected chi connectivity index (χ1v) is 8.70. The van der Waals surface area contributed by atoms with Crippen LogP contribution in [0.25, 0.3) is 11.0 Å². The molecule has 3 N–H and O–H groups in total. The molecule has 3 rings (SSSR count). The van der Waals surface area contributed by atoms with Gasteiger partial charge in [0, 0.05) is 23.5 Å². The molecule has 0 radical (unpaired) electrons. The van der Waals surface area contributed by atoms with Crippen LogP contribution in [0.5, 0.6) is 5.75 Å². The molecule has 0 saturated heterocycles. The van der Waals surface area contributed by atoms with E-state index in [9.17, 15) is 5.11 Å². The van der Waals surface area contributed by atoms with Crippen LogP contribution in [0, 0.1) is 25.7 Å². The van der Waals surface area contributed by atoms with Crippen LogP contribution in [0.1, 0.15) is 29.3 Å². The molecular formula is C19H20ClN5O2. The van der Waals surface area contributed by atoms with Gasteiger partial charge in [0.15, 0.2) is 0 Å². The molecule has 0 aromatic carbocycles. The third-order valence-corrected chi connectivity index (χ3v) is 4.45. The van der Waals surface area contributed by atoms with E-state index in [1.165, 1.54) is 0 Å². The van der Waals surface area contributed by atoms with Crippen LogP contribution < -0.4 is 10.5 Å². The number of pyridine rings is 1. The Morgan fingerprint density at radius 1 is 1.37 bits per heavy atom. The van der Waals surface area contributed by atoms with Gasteiger partial charge in [0.2, 0.25) is 5.95 Å². The van der Waals surface area contributed by atoms with Crippen molar-refractivity contribution >= 4 is 28.6 Å².